The van der Waals surface area contributed by atoms with Crippen molar-refractivity contribution in [2.45, 2.75) is 20.0 Å². The third-order valence-corrected chi connectivity index (χ3v) is 4.63. The summed E-state index contributed by atoms with van der Waals surface area (Å²) in [5.74, 6) is -0.188. The number of methoxy groups -OCH3 is 1. The largest absolute Gasteiger partial charge is 0.490 e. The van der Waals surface area contributed by atoms with Gasteiger partial charge in [-0.15, -0.1) is 0 Å². The monoisotopic (exact) mass is 391 g/mol. The number of amides is 1. The first-order valence-corrected chi connectivity index (χ1v) is 9.04. The lowest BCUT2D eigenvalue weighted by atomic mass is 10.1. The molecule has 1 amide bonds. The number of aryl methyl sites for hydroxylation is 1. The SMILES string of the molecule is COc1ccc(C(=O)N(Cc2cccnc2)Cc2ccccc2C)cc1[N+](=O)[O-]. The van der Waals surface area contributed by atoms with E-state index in [-0.39, 0.29) is 22.9 Å². The first kappa shape index (κ1) is 20.0. The molecule has 0 radical (unpaired) electrons. The molecule has 0 atom stereocenters. The standard InChI is InChI=1S/C22H21N3O4/c1-16-6-3-4-8-19(16)15-24(14-17-7-5-11-23-13-17)22(26)18-9-10-21(29-2)20(12-18)25(27)28/h3-13H,14-15H2,1-2H3. The van der Waals surface area contributed by atoms with E-state index >= 15 is 0 Å². The summed E-state index contributed by atoms with van der Waals surface area (Å²) in [6.45, 7) is 2.70. The topological polar surface area (TPSA) is 85.6 Å². The zero-order chi connectivity index (χ0) is 20.8. The molecule has 29 heavy (non-hydrogen) atoms. The number of benzene rings is 2. The fourth-order valence-electron chi connectivity index (χ4n) is 3.05. The van der Waals surface area contributed by atoms with Crippen LogP contribution in [0.15, 0.2) is 67.0 Å². The second-order valence-corrected chi connectivity index (χ2v) is 6.59. The smallest absolute Gasteiger partial charge is 0.311 e. The highest BCUT2D eigenvalue weighted by Gasteiger charge is 2.22. The van der Waals surface area contributed by atoms with Crippen molar-refractivity contribution in [1.82, 2.24) is 9.88 Å². The molecule has 0 aliphatic carbocycles. The third kappa shape index (κ3) is 4.76. The van der Waals surface area contributed by atoms with E-state index in [4.69, 9.17) is 4.74 Å². The van der Waals surface area contributed by atoms with E-state index in [0.29, 0.717) is 13.1 Å². The van der Waals surface area contributed by atoms with Crippen LogP contribution in [0.5, 0.6) is 5.75 Å². The predicted octanol–water partition coefficient (Wildman–Crippen LogP) is 4.15. The molecule has 0 spiro atoms. The summed E-state index contributed by atoms with van der Waals surface area (Å²) in [5.41, 5.74) is 2.94. The molecule has 0 bridgehead atoms. The van der Waals surface area contributed by atoms with Gasteiger partial charge in [-0.1, -0.05) is 30.3 Å². The molecule has 7 heteroatoms. The lowest BCUT2D eigenvalue weighted by molar-refractivity contribution is -0.385. The molecular weight excluding hydrogens is 370 g/mol. The van der Waals surface area contributed by atoms with Crippen LogP contribution in [-0.4, -0.2) is 27.8 Å². The van der Waals surface area contributed by atoms with Crippen LogP contribution in [0.1, 0.15) is 27.0 Å². The van der Waals surface area contributed by atoms with Gasteiger partial charge in [-0.3, -0.25) is 19.9 Å². The molecule has 0 aliphatic rings. The molecule has 1 aromatic heterocycles. The van der Waals surface area contributed by atoms with Crippen molar-refractivity contribution in [2.24, 2.45) is 0 Å². The predicted molar refractivity (Wildman–Crippen MR) is 109 cm³/mol. The lowest BCUT2D eigenvalue weighted by Gasteiger charge is -2.24. The molecule has 1 heterocycles. The molecule has 2 aromatic carbocycles. The van der Waals surface area contributed by atoms with Gasteiger partial charge in [-0.05, 0) is 41.8 Å². The number of rotatable bonds is 7. The molecule has 0 aliphatic heterocycles. The van der Waals surface area contributed by atoms with Gasteiger partial charge in [-0.25, -0.2) is 0 Å². The molecular formula is C22H21N3O4. The van der Waals surface area contributed by atoms with Crippen LogP contribution >= 0.6 is 0 Å². The van der Waals surface area contributed by atoms with Crippen molar-refractivity contribution in [2.75, 3.05) is 7.11 Å². The molecule has 0 N–H and O–H groups in total. The number of nitro groups is 1. The first-order valence-electron chi connectivity index (χ1n) is 9.04. The molecule has 0 unspecified atom stereocenters. The number of hydrogen-bond acceptors (Lipinski definition) is 5. The average Bonchev–Trinajstić information content (AvgIpc) is 2.74. The zero-order valence-electron chi connectivity index (χ0n) is 16.2. The summed E-state index contributed by atoms with van der Waals surface area (Å²) in [6, 6.07) is 15.8. The Morgan fingerprint density at radius 3 is 2.59 bits per heavy atom. The van der Waals surface area contributed by atoms with Crippen LogP contribution in [0.2, 0.25) is 0 Å². The van der Waals surface area contributed by atoms with Crippen LogP contribution in [-0.2, 0) is 13.1 Å². The highest BCUT2D eigenvalue weighted by Crippen LogP contribution is 2.28. The molecule has 0 saturated heterocycles. The van der Waals surface area contributed by atoms with E-state index in [1.165, 1.54) is 19.2 Å². The Bertz CT molecular complexity index is 1020. The Balaban J connectivity index is 1.96. The summed E-state index contributed by atoms with van der Waals surface area (Å²) in [7, 11) is 1.36. The lowest BCUT2D eigenvalue weighted by Crippen LogP contribution is -2.30. The Hall–Kier alpha value is -3.74. The number of nitrogens with zero attached hydrogens (tertiary/aromatic N) is 3. The summed E-state index contributed by atoms with van der Waals surface area (Å²) in [5, 5.41) is 11.3. The van der Waals surface area contributed by atoms with E-state index < -0.39 is 4.92 Å². The van der Waals surface area contributed by atoms with E-state index in [9.17, 15) is 14.9 Å². The number of hydrogen-bond donors (Lipinski definition) is 0. The fourth-order valence-corrected chi connectivity index (χ4v) is 3.05. The highest BCUT2D eigenvalue weighted by molar-refractivity contribution is 5.95. The van der Waals surface area contributed by atoms with Gasteiger partial charge in [0.1, 0.15) is 0 Å². The maximum Gasteiger partial charge on any atom is 0.311 e. The highest BCUT2D eigenvalue weighted by atomic mass is 16.6. The van der Waals surface area contributed by atoms with Crippen LogP contribution in [0.4, 0.5) is 5.69 Å². The van der Waals surface area contributed by atoms with Gasteiger partial charge in [0.25, 0.3) is 5.91 Å². The molecule has 3 rings (SSSR count). The quantitative estimate of drug-likeness (QED) is 0.446. The second kappa shape index (κ2) is 8.97. The Morgan fingerprint density at radius 1 is 1.14 bits per heavy atom. The number of aromatic nitrogens is 1. The van der Waals surface area contributed by atoms with Crippen molar-refractivity contribution in [3.63, 3.8) is 0 Å². The number of nitro benzene ring substituents is 1. The summed E-state index contributed by atoms with van der Waals surface area (Å²) in [4.78, 5) is 29.8. The minimum Gasteiger partial charge on any atom is -0.490 e. The molecule has 7 nitrogen and oxygen atoms in total. The summed E-state index contributed by atoms with van der Waals surface area (Å²) in [6.07, 6.45) is 3.37. The van der Waals surface area contributed by atoms with E-state index in [2.05, 4.69) is 4.98 Å². The number of carbonyl (C=O) groups excluding carboxylic acids is 1. The first-order chi connectivity index (χ1) is 14.0. The maximum absolute atomic E-state index is 13.3. The van der Waals surface area contributed by atoms with Gasteiger partial charge >= 0.3 is 5.69 Å². The fraction of sp³-hybridized carbons (Fsp3) is 0.182. The summed E-state index contributed by atoms with van der Waals surface area (Å²) < 4.78 is 5.03. The van der Waals surface area contributed by atoms with Crippen molar-refractivity contribution in [3.8, 4) is 5.75 Å². The zero-order valence-corrected chi connectivity index (χ0v) is 16.2. The number of carbonyl (C=O) groups is 1. The average molecular weight is 391 g/mol. The minimum atomic E-state index is -0.553. The summed E-state index contributed by atoms with van der Waals surface area (Å²) >= 11 is 0. The number of ether oxygens (including phenoxy) is 1. The Labute approximate surface area is 168 Å². The van der Waals surface area contributed by atoms with E-state index in [1.807, 2.05) is 43.3 Å². The normalized spacial score (nSPS) is 10.4. The van der Waals surface area contributed by atoms with Gasteiger partial charge in [0.05, 0.1) is 12.0 Å². The van der Waals surface area contributed by atoms with Crippen LogP contribution in [0, 0.1) is 17.0 Å². The van der Waals surface area contributed by atoms with E-state index in [0.717, 1.165) is 16.7 Å². The maximum atomic E-state index is 13.3. The van der Waals surface area contributed by atoms with Crippen molar-refractivity contribution < 1.29 is 14.5 Å². The molecule has 3 aromatic rings. The molecule has 148 valence electrons. The van der Waals surface area contributed by atoms with Gasteiger partial charge in [0.2, 0.25) is 0 Å². The second-order valence-electron chi connectivity index (χ2n) is 6.59. The van der Waals surface area contributed by atoms with E-state index in [1.54, 1.807) is 23.4 Å². The van der Waals surface area contributed by atoms with Gasteiger partial charge in [-0.2, -0.15) is 0 Å². The van der Waals surface area contributed by atoms with Crippen molar-refractivity contribution in [1.29, 1.82) is 0 Å². The van der Waals surface area contributed by atoms with Crippen molar-refractivity contribution in [3.05, 3.63) is 99.4 Å². The van der Waals surface area contributed by atoms with Gasteiger partial charge < -0.3 is 9.64 Å². The Morgan fingerprint density at radius 2 is 1.93 bits per heavy atom. The number of pyridine rings is 1. The minimum absolute atomic E-state index is 0.115. The molecule has 0 fully saturated rings. The van der Waals surface area contributed by atoms with Crippen LogP contribution < -0.4 is 4.74 Å². The van der Waals surface area contributed by atoms with Crippen LogP contribution in [0.25, 0.3) is 0 Å². The Kier molecular flexibility index (Phi) is 6.19. The van der Waals surface area contributed by atoms with Gasteiger partial charge in [0.15, 0.2) is 5.75 Å². The van der Waals surface area contributed by atoms with Gasteiger partial charge in [0, 0.05) is 37.1 Å². The molecule has 0 saturated carbocycles. The van der Waals surface area contributed by atoms with Crippen molar-refractivity contribution >= 4 is 11.6 Å². The third-order valence-electron chi connectivity index (χ3n) is 4.63. The van der Waals surface area contributed by atoms with Crippen LogP contribution in [0.3, 0.4) is 0 Å².